The Morgan fingerprint density at radius 2 is 1.24 bits per heavy atom. The van der Waals surface area contributed by atoms with E-state index in [1.165, 1.54) is 16.8 Å². The van der Waals surface area contributed by atoms with Crippen LogP contribution in [-0.2, 0) is 17.3 Å². The third kappa shape index (κ3) is 6.37. The summed E-state index contributed by atoms with van der Waals surface area (Å²) in [5.41, 5.74) is 7.76. The average Bonchev–Trinajstić information content (AvgIpc) is 2.88. The molecule has 38 heavy (non-hydrogen) atoms. The molecule has 0 aliphatic heterocycles. The van der Waals surface area contributed by atoms with Crippen molar-refractivity contribution in [3.05, 3.63) is 125 Å². The molecule has 196 valence electrons. The van der Waals surface area contributed by atoms with Gasteiger partial charge in [-0.1, -0.05) is 114 Å². The largest absolute Gasteiger partial charge is 0.507 e. The molecular weight excluding hydrogens is 462 g/mol. The van der Waals surface area contributed by atoms with Crippen LogP contribution in [0.25, 0.3) is 6.08 Å². The van der Waals surface area contributed by atoms with Gasteiger partial charge in [-0.15, -0.1) is 0 Å². The predicted molar refractivity (Wildman–Crippen MR) is 164 cm³/mol. The van der Waals surface area contributed by atoms with E-state index in [-0.39, 0.29) is 10.8 Å². The number of aromatic hydroxyl groups is 1. The topological polar surface area (TPSA) is 23.5 Å². The van der Waals surface area contributed by atoms with Crippen LogP contribution in [0, 0.1) is 0 Å². The highest BCUT2D eigenvalue weighted by Gasteiger charge is 2.24. The Morgan fingerprint density at radius 3 is 1.79 bits per heavy atom. The van der Waals surface area contributed by atoms with Crippen molar-refractivity contribution in [1.29, 1.82) is 0 Å². The number of anilines is 3. The molecule has 1 N–H and O–H groups in total. The van der Waals surface area contributed by atoms with Crippen molar-refractivity contribution in [3.8, 4) is 5.75 Å². The summed E-state index contributed by atoms with van der Waals surface area (Å²) in [7, 11) is 0. The van der Waals surface area contributed by atoms with Crippen LogP contribution in [0.2, 0.25) is 0 Å². The van der Waals surface area contributed by atoms with Crippen LogP contribution in [0.15, 0.2) is 103 Å². The molecule has 0 heterocycles. The number of aryl methyl sites for hydroxylation is 1. The van der Waals surface area contributed by atoms with Crippen molar-refractivity contribution in [2.45, 2.75) is 65.2 Å². The Hall–Kier alpha value is -3.78. The monoisotopic (exact) mass is 503 g/mol. The summed E-state index contributed by atoms with van der Waals surface area (Å²) in [6.07, 6.45) is 6.06. The summed E-state index contributed by atoms with van der Waals surface area (Å²) in [4.78, 5) is 2.33. The zero-order valence-corrected chi connectivity index (χ0v) is 23.7. The van der Waals surface area contributed by atoms with Gasteiger partial charge in [-0.2, -0.15) is 0 Å². The predicted octanol–water partition coefficient (Wildman–Crippen LogP) is 10.1. The number of rotatable bonds is 7. The van der Waals surface area contributed by atoms with Gasteiger partial charge < -0.3 is 10.0 Å². The lowest BCUT2D eigenvalue weighted by atomic mass is 9.79. The maximum Gasteiger partial charge on any atom is 0.126 e. The van der Waals surface area contributed by atoms with Crippen molar-refractivity contribution >= 4 is 23.1 Å². The van der Waals surface area contributed by atoms with Crippen molar-refractivity contribution < 1.29 is 5.11 Å². The lowest BCUT2D eigenvalue weighted by molar-refractivity contribution is 0.443. The normalized spacial score (nSPS) is 12.2. The Morgan fingerprint density at radius 1 is 0.684 bits per heavy atom. The zero-order chi connectivity index (χ0) is 27.3. The first kappa shape index (κ1) is 27.3. The summed E-state index contributed by atoms with van der Waals surface area (Å²) in [5, 5.41) is 11.1. The zero-order valence-electron chi connectivity index (χ0n) is 23.7. The second kappa shape index (κ2) is 11.3. The van der Waals surface area contributed by atoms with Crippen LogP contribution in [0.4, 0.5) is 17.1 Å². The van der Waals surface area contributed by atoms with Crippen LogP contribution in [0.3, 0.4) is 0 Å². The summed E-state index contributed by atoms with van der Waals surface area (Å²) < 4.78 is 0. The van der Waals surface area contributed by atoms with Gasteiger partial charge in [0.2, 0.25) is 0 Å². The number of para-hydroxylation sites is 3. The Kier molecular flexibility index (Phi) is 8.11. The first-order chi connectivity index (χ1) is 18.1. The van der Waals surface area contributed by atoms with Gasteiger partial charge in [-0.25, -0.2) is 0 Å². The molecule has 2 heteroatoms. The van der Waals surface area contributed by atoms with Gasteiger partial charge in [-0.3, -0.25) is 0 Å². The van der Waals surface area contributed by atoms with Crippen molar-refractivity contribution in [1.82, 2.24) is 0 Å². The van der Waals surface area contributed by atoms with E-state index in [4.69, 9.17) is 0 Å². The van der Waals surface area contributed by atoms with Gasteiger partial charge in [0.25, 0.3) is 0 Å². The Balaban J connectivity index is 1.63. The molecule has 0 saturated carbocycles. The molecule has 0 radical (unpaired) electrons. The quantitative estimate of drug-likeness (QED) is 0.271. The third-order valence-electron chi connectivity index (χ3n) is 6.95. The average molecular weight is 504 g/mol. The summed E-state index contributed by atoms with van der Waals surface area (Å²) in [6, 6.07) is 34.0. The summed E-state index contributed by atoms with van der Waals surface area (Å²) >= 11 is 0. The highest BCUT2D eigenvalue weighted by molar-refractivity contribution is 5.78. The fourth-order valence-electron chi connectivity index (χ4n) is 4.76. The molecule has 0 aliphatic rings. The van der Waals surface area contributed by atoms with Crippen LogP contribution < -0.4 is 4.90 Å². The molecule has 0 spiro atoms. The standard InChI is InChI=1S/C36H41NO/c1-35(2,3)29-25-28(34(38)32(26-29)36(4,5)6)19-14-13-17-27-18-15-16-24-33(27)37(30-20-9-7-10-21-30)31-22-11-8-12-23-31/h7-12,14-16,18-26,38H,13,17H2,1-6H3. The maximum atomic E-state index is 11.1. The van der Waals surface area contributed by atoms with E-state index in [0.29, 0.717) is 5.75 Å². The minimum absolute atomic E-state index is 0.00751. The van der Waals surface area contributed by atoms with E-state index >= 15 is 0 Å². The van der Waals surface area contributed by atoms with Crippen molar-refractivity contribution in [3.63, 3.8) is 0 Å². The molecule has 2 nitrogen and oxygen atoms in total. The van der Waals surface area contributed by atoms with E-state index in [1.54, 1.807) is 0 Å². The van der Waals surface area contributed by atoms with Crippen LogP contribution in [0.5, 0.6) is 5.75 Å². The van der Waals surface area contributed by atoms with E-state index in [2.05, 4.69) is 156 Å². The van der Waals surface area contributed by atoms with Crippen LogP contribution in [-0.4, -0.2) is 5.11 Å². The number of allylic oxidation sites excluding steroid dienone is 1. The number of benzene rings is 4. The second-order valence-corrected chi connectivity index (χ2v) is 12.0. The second-order valence-electron chi connectivity index (χ2n) is 12.0. The summed E-state index contributed by atoms with van der Waals surface area (Å²) in [6.45, 7) is 13.1. The molecular formula is C36H41NO. The molecule has 0 fully saturated rings. The van der Waals surface area contributed by atoms with Crippen molar-refractivity contribution in [2.75, 3.05) is 4.90 Å². The lowest BCUT2D eigenvalue weighted by Crippen LogP contribution is -2.17. The minimum atomic E-state index is -0.134. The van der Waals surface area contributed by atoms with Gasteiger partial charge in [-0.05, 0) is 71.2 Å². The minimum Gasteiger partial charge on any atom is -0.507 e. The Bertz CT molecular complexity index is 1330. The number of nitrogens with zero attached hydrogens (tertiary/aromatic N) is 1. The van der Waals surface area contributed by atoms with Gasteiger partial charge >= 0.3 is 0 Å². The van der Waals surface area contributed by atoms with Gasteiger partial charge in [0.05, 0.1) is 0 Å². The van der Waals surface area contributed by atoms with E-state index < -0.39 is 0 Å². The van der Waals surface area contributed by atoms with E-state index in [9.17, 15) is 5.11 Å². The molecule has 0 bridgehead atoms. The highest BCUT2D eigenvalue weighted by atomic mass is 16.3. The Labute approximate surface area is 229 Å². The first-order valence-electron chi connectivity index (χ1n) is 13.6. The van der Waals surface area contributed by atoms with E-state index in [0.717, 1.165) is 35.3 Å². The fraction of sp³-hybridized carbons (Fsp3) is 0.278. The smallest absolute Gasteiger partial charge is 0.126 e. The fourth-order valence-corrected chi connectivity index (χ4v) is 4.76. The molecule has 0 unspecified atom stereocenters. The third-order valence-corrected chi connectivity index (χ3v) is 6.95. The van der Waals surface area contributed by atoms with Gasteiger partial charge in [0, 0.05) is 28.2 Å². The molecule has 4 aromatic carbocycles. The van der Waals surface area contributed by atoms with Gasteiger partial charge in [0.1, 0.15) is 5.75 Å². The van der Waals surface area contributed by atoms with Crippen molar-refractivity contribution in [2.24, 2.45) is 0 Å². The number of phenols is 1. The molecule has 0 aliphatic carbocycles. The number of hydrogen-bond acceptors (Lipinski definition) is 2. The maximum absolute atomic E-state index is 11.1. The lowest BCUT2D eigenvalue weighted by Gasteiger charge is -2.27. The number of hydrogen-bond donors (Lipinski definition) is 1. The van der Waals surface area contributed by atoms with Gasteiger partial charge in [0.15, 0.2) is 0 Å². The SMILES string of the molecule is CC(C)(C)c1cc(C=CCCc2ccccc2N(c2ccccc2)c2ccccc2)c(O)c(C(C)(C)C)c1. The van der Waals surface area contributed by atoms with Crippen LogP contribution in [0.1, 0.15) is 70.2 Å². The molecule has 4 rings (SSSR count). The molecule has 0 aromatic heterocycles. The first-order valence-corrected chi connectivity index (χ1v) is 13.6. The van der Waals surface area contributed by atoms with Crippen LogP contribution >= 0.6 is 0 Å². The molecule has 0 atom stereocenters. The molecule has 0 amide bonds. The summed E-state index contributed by atoms with van der Waals surface area (Å²) in [5.74, 6) is 0.390. The highest BCUT2D eigenvalue weighted by Crippen LogP contribution is 2.39. The van der Waals surface area contributed by atoms with E-state index in [1.807, 2.05) is 0 Å². The molecule has 0 saturated heterocycles. The number of phenolic OH excluding ortho intramolecular Hbond substituents is 1. The molecule has 4 aromatic rings.